The summed E-state index contributed by atoms with van der Waals surface area (Å²) in [5, 5.41) is 13.7. The van der Waals surface area contributed by atoms with Crippen molar-refractivity contribution in [1.29, 1.82) is 0 Å². The quantitative estimate of drug-likeness (QED) is 0.338. The fourth-order valence-corrected chi connectivity index (χ4v) is 1.49. The number of carbonyl (C=O) groups is 2. The molecule has 0 aromatic heterocycles. The van der Waals surface area contributed by atoms with Gasteiger partial charge in [-0.15, -0.1) is 0 Å². The maximum atomic E-state index is 11.2. The molecule has 0 radical (unpaired) electrons. The van der Waals surface area contributed by atoms with E-state index >= 15 is 0 Å². The van der Waals surface area contributed by atoms with Gasteiger partial charge in [0.2, 0.25) is 5.91 Å². The number of hydrogen-bond acceptors (Lipinski definition) is 6. The Bertz CT molecular complexity index is 557. The molecular formula is C13H17N3O5. The van der Waals surface area contributed by atoms with E-state index in [0.717, 1.165) is 6.07 Å². The maximum Gasteiger partial charge on any atom is 0.308 e. The molecule has 1 amide bonds. The zero-order chi connectivity index (χ0) is 16.0. The van der Waals surface area contributed by atoms with Gasteiger partial charge in [0, 0.05) is 18.2 Å². The van der Waals surface area contributed by atoms with Crippen LogP contribution in [0.5, 0.6) is 0 Å². The number of nitrogens with one attached hydrogen (secondary N) is 1. The number of nitrogens with zero attached hydrogens (tertiary/aromatic N) is 1. The van der Waals surface area contributed by atoms with Crippen LogP contribution in [0.4, 0.5) is 11.4 Å². The first kappa shape index (κ1) is 16.4. The van der Waals surface area contributed by atoms with Crippen molar-refractivity contribution in [1.82, 2.24) is 0 Å². The first-order chi connectivity index (χ1) is 9.82. The van der Waals surface area contributed by atoms with Crippen LogP contribution in [0.15, 0.2) is 18.2 Å². The van der Waals surface area contributed by atoms with Crippen molar-refractivity contribution in [3.63, 3.8) is 0 Å². The van der Waals surface area contributed by atoms with Crippen molar-refractivity contribution in [2.45, 2.75) is 13.8 Å². The summed E-state index contributed by atoms with van der Waals surface area (Å²) in [6.45, 7) is 3.73. The number of anilines is 1. The van der Waals surface area contributed by atoms with Gasteiger partial charge in [-0.2, -0.15) is 0 Å². The normalized spacial score (nSPS) is 10.2. The molecule has 21 heavy (non-hydrogen) atoms. The summed E-state index contributed by atoms with van der Waals surface area (Å²) < 4.78 is 4.94. The molecule has 114 valence electrons. The number of rotatable bonds is 7. The topological polar surface area (TPSA) is 125 Å². The second-order valence-electron chi connectivity index (χ2n) is 4.60. The summed E-state index contributed by atoms with van der Waals surface area (Å²) >= 11 is 0. The van der Waals surface area contributed by atoms with Gasteiger partial charge in [0.15, 0.2) is 0 Å². The molecule has 0 atom stereocenters. The highest BCUT2D eigenvalue weighted by Crippen LogP contribution is 2.25. The number of nitro benzene ring substituents is 1. The van der Waals surface area contributed by atoms with Crippen molar-refractivity contribution < 1.29 is 19.2 Å². The number of nitrogens with two attached hydrogens (primary N) is 1. The van der Waals surface area contributed by atoms with E-state index in [4.69, 9.17) is 10.5 Å². The number of primary amides is 1. The van der Waals surface area contributed by atoms with Crippen LogP contribution in [-0.2, 0) is 9.53 Å². The lowest BCUT2D eigenvalue weighted by molar-refractivity contribution is -0.384. The van der Waals surface area contributed by atoms with Crippen LogP contribution in [0.2, 0.25) is 0 Å². The Labute approximate surface area is 121 Å². The lowest BCUT2D eigenvalue weighted by Gasteiger charge is -2.09. The minimum absolute atomic E-state index is 0.0542. The molecule has 1 aromatic rings. The molecule has 0 spiro atoms. The van der Waals surface area contributed by atoms with Crippen molar-refractivity contribution in [3.8, 4) is 0 Å². The Morgan fingerprint density at radius 3 is 2.62 bits per heavy atom. The molecule has 0 aliphatic rings. The zero-order valence-electron chi connectivity index (χ0n) is 11.8. The molecule has 3 N–H and O–H groups in total. The summed E-state index contributed by atoms with van der Waals surface area (Å²) in [4.78, 5) is 32.6. The van der Waals surface area contributed by atoms with E-state index in [1.807, 2.05) is 0 Å². The summed E-state index contributed by atoms with van der Waals surface area (Å²) in [5.74, 6) is -1.31. The zero-order valence-corrected chi connectivity index (χ0v) is 11.8. The lowest BCUT2D eigenvalue weighted by Crippen LogP contribution is -2.18. The van der Waals surface area contributed by atoms with Crippen LogP contribution in [0, 0.1) is 16.0 Å². The molecule has 0 heterocycles. The fourth-order valence-electron chi connectivity index (χ4n) is 1.49. The molecular weight excluding hydrogens is 278 g/mol. The Hall–Kier alpha value is -2.64. The van der Waals surface area contributed by atoms with E-state index in [0.29, 0.717) is 0 Å². The summed E-state index contributed by atoms with van der Waals surface area (Å²) in [6, 6.07) is 3.88. The number of amides is 1. The Morgan fingerprint density at radius 2 is 2.10 bits per heavy atom. The van der Waals surface area contributed by atoms with Crippen LogP contribution in [0.25, 0.3) is 0 Å². The number of nitro groups is 1. The lowest BCUT2D eigenvalue weighted by atomic mass is 10.1. The first-order valence-electron chi connectivity index (χ1n) is 6.31. The molecule has 0 bridgehead atoms. The van der Waals surface area contributed by atoms with Gasteiger partial charge >= 0.3 is 5.97 Å². The third kappa shape index (κ3) is 4.75. The van der Waals surface area contributed by atoms with Gasteiger partial charge in [0.1, 0.15) is 12.3 Å². The average Bonchev–Trinajstić information content (AvgIpc) is 2.42. The van der Waals surface area contributed by atoms with E-state index in [1.165, 1.54) is 12.1 Å². The number of ether oxygens (including phenoxy) is 1. The van der Waals surface area contributed by atoms with Crippen LogP contribution in [0.3, 0.4) is 0 Å². The Balaban J connectivity index is 2.68. The highest BCUT2D eigenvalue weighted by Gasteiger charge is 2.16. The van der Waals surface area contributed by atoms with Crippen LogP contribution < -0.4 is 11.1 Å². The molecule has 1 aromatic carbocycles. The van der Waals surface area contributed by atoms with Crippen molar-refractivity contribution in [2.75, 3.05) is 18.5 Å². The third-order valence-corrected chi connectivity index (χ3v) is 2.61. The molecule has 0 unspecified atom stereocenters. The minimum atomic E-state index is -0.740. The predicted octanol–water partition coefficient (Wildman–Crippen LogP) is 1.30. The van der Waals surface area contributed by atoms with Gasteiger partial charge in [0.25, 0.3) is 5.69 Å². The third-order valence-electron chi connectivity index (χ3n) is 2.61. The van der Waals surface area contributed by atoms with Gasteiger partial charge in [-0.25, -0.2) is 0 Å². The predicted molar refractivity (Wildman–Crippen MR) is 75.9 cm³/mol. The average molecular weight is 295 g/mol. The first-order valence-corrected chi connectivity index (χ1v) is 6.31. The van der Waals surface area contributed by atoms with E-state index in [9.17, 15) is 19.7 Å². The SMILES string of the molecule is CC(C)C(=O)OCCNc1ccc(C(N)=O)cc1[N+](=O)[O-]. The molecule has 0 saturated carbocycles. The van der Waals surface area contributed by atoms with Gasteiger partial charge in [-0.05, 0) is 12.1 Å². The second-order valence-corrected chi connectivity index (χ2v) is 4.60. The molecule has 8 nitrogen and oxygen atoms in total. The van der Waals surface area contributed by atoms with E-state index < -0.39 is 10.8 Å². The number of carbonyl (C=O) groups excluding carboxylic acids is 2. The van der Waals surface area contributed by atoms with Crippen LogP contribution >= 0.6 is 0 Å². The Kier molecular flexibility index (Phi) is 5.65. The van der Waals surface area contributed by atoms with Gasteiger partial charge in [0.05, 0.1) is 10.8 Å². The van der Waals surface area contributed by atoms with Crippen LogP contribution in [0.1, 0.15) is 24.2 Å². The highest BCUT2D eigenvalue weighted by molar-refractivity contribution is 5.94. The number of hydrogen-bond donors (Lipinski definition) is 2. The molecule has 0 saturated heterocycles. The van der Waals surface area contributed by atoms with Gasteiger partial charge in [-0.3, -0.25) is 19.7 Å². The van der Waals surface area contributed by atoms with Gasteiger partial charge < -0.3 is 15.8 Å². The molecule has 0 aliphatic carbocycles. The smallest absolute Gasteiger partial charge is 0.308 e. The van der Waals surface area contributed by atoms with E-state index in [1.54, 1.807) is 13.8 Å². The van der Waals surface area contributed by atoms with Crippen molar-refractivity contribution in [3.05, 3.63) is 33.9 Å². The summed E-state index contributed by atoms with van der Waals surface area (Å²) in [6.07, 6.45) is 0. The molecule has 8 heteroatoms. The van der Waals surface area contributed by atoms with Crippen LogP contribution in [-0.4, -0.2) is 30.0 Å². The molecule has 1 rings (SSSR count). The van der Waals surface area contributed by atoms with E-state index in [2.05, 4.69) is 5.32 Å². The van der Waals surface area contributed by atoms with Crippen molar-refractivity contribution in [2.24, 2.45) is 11.7 Å². The monoisotopic (exact) mass is 295 g/mol. The maximum absolute atomic E-state index is 11.2. The Morgan fingerprint density at radius 1 is 1.43 bits per heavy atom. The summed E-state index contributed by atoms with van der Waals surface area (Å²) in [7, 11) is 0. The molecule has 0 aliphatic heterocycles. The number of esters is 1. The summed E-state index contributed by atoms with van der Waals surface area (Å²) in [5.41, 5.74) is 5.10. The van der Waals surface area contributed by atoms with E-state index in [-0.39, 0.29) is 42.0 Å². The molecule has 0 fully saturated rings. The van der Waals surface area contributed by atoms with Crippen molar-refractivity contribution >= 4 is 23.3 Å². The minimum Gasteiger partial charge on any atom is -0.464 e. The number of benzene rings is 1. The standard InChI is InChI=1S/C13H17N3O5/c1-8(2)13(18)21-6-5-15-10-4-3-9(12(14)17)7-11(10)16(19)20/h3-4,7-8,15H,5-6H2,1-2H3,(H2,14,17). The highest BCUT2D eigenvalue weighted by atomic mass is 16.6. The second kappa shape index (κ2) is 7.22. The largest absolute Gasteiger partial charge is 0.464 e. The fraction of sp³-hybridized carbons (Fsp3) is 0.385. The van der Waals surface area contributed by atoms with Gasteiger partial charge in [-0.1, -0.05) is 13.8 Å².